The van der Waals surface area contributed by atoms with E-state index in [1.165, 1.54) is 0 Å². The fourth-order valence-electron chi connectivity index (χ4n) is 1.49. The van der Waals surface area contributed by atoms with E-state index in [-0.39, 0.29) is 13.1 Å². The lowest BCUT2D eigenvalue weighted by Gasteiger charge is -2.23. The summed E-state index contributed by atoms with van der Waals surface area (Å²) in [6.45, 7) is 4.13. The molecule has 0 aromatic carbocycles. The van der Waals surface area contributed by atoms with Gasteiger partial charge in [0.2, 0.25) is 0 Å². The standard InChI is InChI=1S/C8H15F3N2/c1-2-13-4-3-12-5-7(6-13)8(9,10)11/h7,12H,2-6H2,1H3. The second-order valence-electron chi connectivity index (χ2n) is 3.34. The van der Waals surface area contributed by atoms with Crippen molar-refractivity contribution in [2.45, 2.75) is 13.1 Å². The molecule has 5 heteroatoms. The molecule has 1 unspecified atom stereocenters. The maximum atomic E-state index is 12.4. The minimum Gasteiger partial charge on any atom is -0.315 e. The van der Waals surface area contributed by atoms with Crippen LogP contribution in [0.25, 0.3) is 0 Å². The predicted octanol–water partition coefficient (Wildman–Crippen LogP) is 1.09. The number of likely N-dealkylation sites (N-methyl/N-ethyl adjacent to an activating group) is 1. The van der Waals surface area contributed by atoms with Crippen LogP contribution in [-0.4, -0.2) is 43.8 Å². The van der Waals surface area contributed by atoms with Crippen molar-refractivity contribution in [2.24, 2.45) is 5.92 Å². The largest absolute Gasteiger partial charge is 0.394 e. The van der Waals surface area contributed by atoms with Crippen LogP contribution in [0.5, 0.6) is 0 Å². The normalized spacial score (nSPS) is 27.2. The molecule has 0 amide bonds. The summed E-state index contributed by atoms with van der Waals surface area (Å²) < 4.78 is 37.1. The predicted molar refractivity (Wildman–Crippen MR) is 44.5 cm³/mol. The lowest BCUT2D eigenvalue weighted by molar-refractivity contribution is -0.175. The third-order valence-electron chi connectivity index (χ3n) is 2.38. The van der Waals surface area contributed by atoms with Crippen LogP contribution in [-0.2, 0) is 0 Å². The molecule has 2 nitrogen and oxygen atoms in total. The summed E-state index contributed by atoms with van der Waals surface area (Å²) >= 11 is 0. The summed E-state index contributed by atoms with van der Waals surface area (Å²) in [5.74, 6) is -1.21. The molecule has 1 atom stereocenters. The Morgan fingerprint density at radius 3 is 2.69 bits per heavy atom. The molecular weight excluding hydrogens is 181 g/mol. The summed E-state index contributed by atoms with van der Waals surface area (Å²) in [4.78, 5) is 1.83. The first-order valence-electron chi connectivity index (χ1n) is 4.54. The second kappa shape index (κ2) is 4.28. The Hall–Kier alpha value is -0.290. The molecule has 0 aliphatic carbocycles. The van der Waals surface area contributed by atoms with Gasteiger partial charge in [0.1, 0.15) is 0 Å². The van der Waals surface area contributed by atoms with Gasteiger partial charge in [0.05, 0.1) is 5.92 Å². The van der Waals surface area contributed by atoms with E-state index in [9.17, 15) is 13.2 Å². The first-order valence-corrected chi connectivity index (χ1v) is 4.54. The number of alkyl halides is 3. The molecule has 1 fully saturated rings. The minimum atomic E-state index is -4.06. The van der Waals surface area contributed by atoms with Crippen molar-refractivity contribution in [3.05, 3.63) is 0 Å². The van der Waals surface area contributed by atoms with E-state index in [4.69, 9.17) is 0 Å². The molecule has 0 spiro atoms. The first-order chi connectivity index (χ1) is 6.04. The van der Waals surface area contributed by atoms with Crippen LogP contribution >= 0.6 is 0 Å². The number of nitrogens with one attached hydrogen (secondary N) is 1. The zero-order valence-corrected chi connectivity index (χ0v) is 7.69. The zero-order valence-electron chi connectivity index (χ0n) is 7.69. The van der Waals surface area contributed by atoms with E-state index in [1.54, 1.807) is 0 Å². The zero-order chi connectivity index (χ0) is 9.90. The number of rotatable bonds is 1. The molecule has 0 aromatic heterocycles. The Kier molecular flexibility index (Phi) is 3.55. The molecule has 1 heterocycles. The maximum Gasteiger partial charge on any atom is 0.394 e. The van der Waals surface area contributed by atoms with Crippen LogP contribution < -0.4 is 5.32 Å². The Balaban J connectivity index is 2.54. The maximum absolute atomic E-state index is 12.4. The third-order valence-corrected chi connectivity index (χ3v) is 2.38. The molecule has 1 aliphatic rings. The first kappa shape index (κ1) is 10.8. The van der Waals surface area contributed by atoms with E-state index < -0.39 is 12.1 Å². The molecule has 0 aromatic rings. The van der Waals surface area contributed by atoms with Gasteiger partial charge in [0.25, 0.3) is 0 Å². The summed E-state index contributed by atoms with van der Waals surface area (Å²) in [5, 5.41) is 2.81. The van der Waals surface area contributed by atoms with Crippen molar-refractivity contribution < 1.29 is 13.2 Å². The van der Waals surface area contributed by atoms with E-state index in [2.05, 4.69) is 5.32 Å². The van der Waals surface area contributed by atoms with Crippen LogP contribution in [0.2, 0.25) is 0 Å². The highest BCUT2D eigenvalue weighted by molar-refractivity contribution is 4.77. The van der Waals surface area contributed by atoms with Crippen LogP contribution in [0.1, 0.15) is 6.92 Å². The van der Waals surface area contributed by atoms with Gasteiger partial charge < -0.3 is 10.2 Å². The highest BCUT2D eigenvalue weighted by Gasteiger charge is 2.40. The molecule has 78 valence electrons. The number of nitrogens with zero attached hydrogens (tertiary/aromatic N) is 1. The monoisotopic (exact) mass is 196 g/mol. The van der Waals surface area contributed by atoms with Gasteiger partial charge in [0, 0.05) is 26.2 Å². The molecular formula is C8H15F3N2. The Morgan fingerprint density at radius 2 is 2.15 bits per heavy atom. The summed E-state index contributed by atoms with van der Waals surface area (Å²) in [7, 11) is 0. The minimum absolute atomic E-state index is 0.0556. The molecule has 1 aliphatic heterocycles. The second-order valence-corrected chi connectivity index (χ2v) is 3.34. The van der Waals surface area contributed by atoms with E-state index in [1.807, 2.05) is 11.8 Å². The topological polar surface area (TPSA) is 15.3 Å². The van der Waals surface area contributed by atoms with Crippen molar-refractivity contribution in [2.75, 3.05) is 32.7 Å². The third kappa shape index (κ3) is 3.15. The van der Waals surface area contributed by atoms with Crippen molar-refractivity contribution in [1.82, 2.24) is 10.2 Å². The fourth-order valence-corrected chi connectivity index (χ4v) is 1.49. The van der Waals surface area contributed by atoms with Crippen molar-refractivity contribution in [3.63, 3.8) is 0 Å². The SMILES string of the molecule is CCN1CCNCC(C(F)(F)F)C1. The molecule has 1 saturated heterocycles. The Morgan fingerprint density at radius 1 is 1.46 bits per heavy atom. The Labute approximate surface area is 76.1 Å². The lowest BCUT2D eigenvalue weighted by atomic mass is 10.1. The van der Waals surface area contributed by atoms with E-state index in [0.717, 1.165) is 0 Å². The van der Waals surface area contributed by atoms with E-state index in [0.29, 0.717) is 19.6 Å². The summed E-state index contributed by atoms with van der Waals surface area (Å²) in [6.07, 6.45) is -4.06. The van der Waals surface area contributed by atoms with Gasteiger partial charge >= 0.3 is 6.18 Å². The molecule has 1 rings (SSSR count). The number of hydrogen-bond donors (Lipinski definition) is 1. The average Bonchev–Trinajstić information content (AvgIpc) is 2.27. The molecule has 0 radical (unpaired) electrons. The van der Waals surface area contributed by atoms with Crippen LogP contribution in [0.3, 0.4) is 0 Å². The highest BCUT2D eigenvalue weighted by Crippen LogP contribution is 2.27. The summed E-state index contributed by atoms with van der Waals surface area (Å²) in [5.41, 5.74) is 0. The molecule has 1 N–H and O–H groups in total. The fraction of sp³-hybridized carbons (Fsp3) is 1.00. The van der Waals surface area contributed by atoms with Gasteiger partial charge in [-0.3, -0.25) is 0 Å². The highest BCUT2D eigenvalue weighted by atomic mass is 19.4. The van der Waals surface area contributed by atoms with Gasteiger partial charge in [-0.1, -0.05) is 6.92 Å². The Bertz CT molecular complexity index is 158. The van der Waals surface area contributed by atoms with Crippen LogP contribution in [0.15, 0.2) is 0 Å². The summed E-state index contributed by atoms with van der Waals surface area (Å²) in [6, 6.07) is 0. The molecule has 13 heavy (non-hydrogen) atoms. The molecule has 0 saturated carbocycles. The van der Waals surface area contributed by atoms with Gasteiger partial charge in [-0.25, -0.2) is 0 Å². The van der Waals surface area contributed by atoms with Gasteiger partial charge in [0.15, 0.2) is 0 Å². The quantitative estimate of drug-likeness (QED) is 0.675. The van der Waals surface area contributed by atoms with E-state index >= 15 is 0 Å². The van der Waals surface area contributed by atoms with Crippen molar-refractivity contribution >= 4 is 0 Å². The van der Waals surface area contributed by atoms with Gasteiger partial charge in [-0.2, -0.15) is 13.2 Å². The van der Waals surface area contributed by atoms with Gasteiger partial charge in [-0.05, 0) is 6.54 Å². The van der Waals surface area contributed by atoms with Crippen molar-refractivity contribution in [1.29, 1.82) is 0 Å². The van der Waals surface area contributed by atoms with Crippen LogP contribution in [0, 0.1) is 5.92 Å². The van der Waals surface area contributed by atoms with Crippen LogP contribution in [0.4, 0.5) is 13.2 Å². The van der Waals surface area contributed by atoms with Gasteiger partial charge in [-0.15, -0.1) is 0 Å². The van der Waals surface area contributed by atoms with Crippen molar-refractivity contribution in [3.8, 4) is 0 Å². The molecule has 0 bridgehead atoms. The lowest BCUT2D eigenvalue weighted by Crippen LogP contribution is -2.37. The average molecular weight is 196 g/mol. The number of hydrogen-bond acceptors (Lipinski definition) is 2. The number of halogens is 3. The smallest absolute Gasteiger partial charge is 0.315 e.